The first-order valence-corrected chi connectivity index (χ1v) is 9.13. The van der Waals surface area contributed by atoms with E-state index in [1.165, 1.54) is 12.8 Å². The van der Waals surface area contributed by atoms with Crippen molar-refractivity contribution >= 4 is 17.7 Å². The van der Waals surface area contributed by atoms with E-state index in [-0.39, 0.29) is 48.3 Å². The molecule has 7 nitrogen and oxygen atoms in total. The summed E-state index contributed by atoms with van der Waals surface area (Å²) in [5.74, 6) is -0.780. The van der Waals surface area contributed by atoms with Crippen molar-refractivity contribution in [3.05, 3.63) is 0 Å². The lowest BCUT2D eigenvalue weighted by Gasteiger charge is -2.23. The third kappa shape index (κ3) is 2.73. The molecule has 0 saturated carbocycles. The smallest absolute Gasteiger partial charge is 0.240 e. The third-order valence-corrected chi connectivity index (χ3v) is 5.95. The van der Waals surface area contributed by atoms with E-state index in [1.807, 2.05) is 0 Å². The quantitative estimate of drug-likeness (QED) is 0.671. The van der Waals surface area contributed by atoms with Gasteiger partial charge in [-0.1, -0.05) is 0 Å². The number of carbonyl (C=O) groups excluding carboxylic acids is 3. The Bertz CT molecular complexity index is 518. The largest absolute Gasteiger partial charge is 0.373 e. The Morgan fingerprint density at radius 1 is 1.17 bits per heavy atom. The SMILES string of the molecule is O=C(CN1C(=O)C2C3CCC(O3)C2C1=O)NCCC1CCCNC1. The molecular formula is C17H25N3O4. The first-order chi connectivity index (χ1) is 11.6. The molecule has 0 aromatic heterocycles. The van der Waals surface area contributed by atoms with Crippen molar-refractivity contribution < 1.29 is 19.1 Å². The van der Waals surface area contributed by atoms with Crippen LogP contribution < -0.4 is 10.6 Å². The highest BCUT2D eigenvalue weighted by Crippen LogP contribution is 2.48. The second kappa shape index (κ2) is 6.44. The lowest BCUT2D eigenvalue weighted by molar-refractivity contribution is -0.146. The molecule has 0 aliphatic carbocycles. The molecule has 0 aromatic carbocycles. The van der Waals surface area contributed by atoms with Crippen LogP contribution in [0.2, 0.25) is 0 Å². The summed E-state index contributed by atoms with van der Waals surface area (Å²) in [7, 11) is 0. The van der Waals surface area contributed by atoms with E-state index in [0.717, 1.165) is 37.3 Å². The Morgan fingerprint density at radius 2 is 1.88 bits per heavy atom. The van der Waals surface area contributed by atoms with Gasteiger partial charge in [0.2, 0.25) is 17.7 Å². The molecule has 0 aromatic rings. The molecule has 2 bridgehead atoms. The molecule has 5 unspecified atom stereocenters. The number of nitrogens with zero attached hydrogens (tertiary/aromatic N) is 1. The molecule has 24 heavy (non-hydrogen) atoms. The molecule has 7 heteroatoms. The van der Waals surface area contributed by atoms with Crippen molar-refractivity contribution in [2.45, 2.75) is 44.3 Å². The van der Waals surface area contributed by atoms with Gasteiger partial charge < -0.3 is 15.4 Å². The zero-order valence-electron chi connectivity index (χ0n) is 13.8. The van der Waals surface area contributed by atoms with Gasteiger partial charge in [0, 0.05) is 6.54 Å². The molecule has 4 aliphatic rings. The van der Waals surface area contributed by atoms with E-state index in [9.17, 15) is 14.4 Å². The van der Waals surface area contributed by atoms with Crippen LogP contribution in [-0.2, 0) is 19.1 Å². The lowest BCUT2D eigenvalue weighted by Crippen LogP contribution is -2.43. The standard InChI is InChI=1S/C17H25N3O4/c21-13(19-7-5-10-2-1-6-18-8-10)9-20-16(22)14-11-3-4-12(24-11)15(14)17(20)23/h10-12,14-15,18H,1-9H2,(H,19,21). The monoisotopic (exact) mass is 335 g/mol. The van der Waals surface area contributed by atoms with Crippen molar-refractivity contribution in [3.63, 3.8) is 0 Å². The minimum absolute atomic E-state index is 0.122. The number of hydrogen-bond acceptors (Lipinski definition) is 5. The molecule has 4 saturated heterocycles. The van der Waals surface area contributed by atoms with E-state index in [2.05, 4.69) is 10.6 Å². The number of amides is 3. The number of piperidine rings is 1. The first-order valence-electron chi connectivity index (χ1n) is 9.13. The highest BCUT2D eigenvalue weighted by atomic mass is 16.5. The summed E-state index contributed by atoms with van der Waals surface area (Å²) in [6, 6.07) is 0. The molecule has 132 valence electrons. The number of nitrogens with one attached hydrogen (secondary N) is 2. The van der Waals surface area contributed by atoms with Crippen molar-refractivity contribution in [2.24, 2.45) is 17.8 Å². The van der Waals surface area contributed by atoms with Crippen LogP contribution in [-0.4, -0.2) is 61.0 Å². The van der Waals surface area contributed by atoms with Crippen LogP contribution in [0.4, 0.5) is 0 Å². The second-order valence-electron chi connectivity index (χ2n) is 7.46. The number of ether oxygens (including phenoxy) is 1. The average molecular weight is 335 g/mol. The second-order valence-corrected chi connectivity index (χ2v) is 7.46. The Morgan fingerprint density at radius 3 is 2.50 bits per heavy atom. The van der Waals surface area contributed by atoms with Crippen molar-refractivity contribution in [3.8, 4) is 0 Å². The number of rotatable bonds is 5. The molecule has 4 rings (SSSR count). The number of fused-ring (bicyclic) bond motifs is 5. The van der Waals surface area contributed by atoms with Gasteiger partial charge in [0.1, 0.15) is 6.54 Å². The summed E-state index contributed by atoms with van der Waals surface area (Å²) in [5, 5.41) is 6.22. The molecule has 5 atom stereocenters. The summed E-state index contributed by atoms with van der Waals surface area (Å²) in [6.45, 7) is 2.54. The van der Waals surface area contributed by atoms with Gasteiger partial charge >= 0.3 is 0 Å². The van der Waals surface area contributed by atoms with Crippen molar-refractivity contribution in [1.29, 1.82) is 0 Å². The molecule has 4 aliphatic heterocycles. The van der Waals surface area contributed by atoms with Crippen molar-refractivity contribution in [1.82, 2.24) is 15.5 Å². The zero-order valence-corrected chi connectivity index (χ0v) is 13.8. The molecular weight excluding hydrogens is 310 g/mol. The molecule has 0 spiro atoms. The molecule has 4 fully saturated rings. The molecule has 0 radical (unpaired) electrons. The van der Waals surface area contributed by atoms with Gasteiger partial charge in [0.15, 0.2) is 0 Å². The summed E-state index contributed by atoms with van der Waals surface area (Å²) < 4.78 is 5.69. The first kappa shape index (κ1) is 16.0. The zero-order chi connectivity index (χ0) is 16.7. The highest BCUT2D eigenvalue weighted by molar-refractivity contribution is 6.08. The Hall–Kier alpha value is -1.47. The van der Waals surface area contributed by atoms with E-state index in [1.54, 1.807) is 0 Å². The summed E-state index contributed by atoms with van der Waals surface area (Å²) in [5.41, 5.74) is 0. The van der Waals surface area contributed by atoms with Crippen LogP contribution in [0.15, 0.2) is 0 Å². The Labute approximate surface area is 141 Å². The van der Waals surface area contributed by atoms with Gasteiger partial charge in [0.25, 0.3) is 0 Å². The topological polar surface area (TPSA) is 87.7 Å². The lowest BCUT2D eigenvalue weighted by atomic mass is 9.81. The Kier molecular flexibility index (Phi) is 4.30. The third-order valence-electron chi connectivity index (χ3n) is 5.95. The van der Waals surface area contributed by atoms with Crippen LogP contribution in [0.1, 0.15) is 32.1 Å². The number of likely N-dealkylation sites (tertiary alicyclic amines) is 1. The predicted octanol–water partition coefficient (Wildman–Crippen LogP) is -0.345. The van der Waals surface area contributed by atoms with Crippen LogP contribution in [0.3, 0.4) is 0 Å². The maximum atomic E-state index is 12.5. The number of hydrogen-bond donors (Lipinski definition) is 2. The van der Waals surface area contributed by atoms with E-state index in [4.69, 9.17) is 4.74 Å². The van der Waals surface area contributed by atoms with Gasteiger partial charge in [-0.05, 0) is 51.1 Å². The summed E-state index contributed by atoms with van der Waals surface area (Å²) in [6.07, 6.45) is 4.76. The highest BCUT2D eigenvalue weighted by Gasteiger charge is 2.62. The van der Waals surface area contributed by atoms with Gasteiger partial charge in [0.05, 0.1) is 24.0 Å². The van der Waals surface area contributed by atoms with E-state index in [0.29, 0.717) is 12.5 Å². The summed E-state index contributed by atoms with van der Waals surface area (Å²) >= 11 is 0. The fraction of sp³-hybridized carbons (Fsp3) is 0.824. The number of carbonyl (C=O) groups is 3. The van der Waals surface area contributed by atoms with Crippen molar-refractivity contribution in [2.75, 3.05) is 26.2 Å². The van der Waals surface area contributed by atoms with Crippen LogP contribution >= 0.6 is 0 Å². The van der Waals surface area contributed by atoms with Gasteiger partial charge in [-0.15, -0.1) is 0 Å². The van der Waals surface area contributed by atoms with Crippen LogP contribution in [0.5, 0.6) is 0 Å². The van der Waals surface area contributed by atoms with Crippen LogP contribution in [0.25, 0.3) is 0 Å². The minimum Gasteiger partial charge on any atom is -0.373 e. The average Bonchev–Trinajstić information content (AvgIpc) is 3.26. The Balaban J connectivity index is 1.27. The van der Waals surface area contributed by atoms with Crippen LogP contribution in [0, 0.1) is 17.8 Å². The normalized spacial score (nSPS) is 37.8. The molecule has 3 amide bonds. The van der Waals surface area contributed by atoms with Gasteiger partial charge in [-0.25, -0.2) is 0 Å². The fourth-order valence-corrected chi connectivity index (χ4v) is 4.72. The minimum atomic E-state index is -0.350. The molecule has 4 heterocycles. The van der Waals surface area contributed by atoms with E-state index >= 15 is 0 Å². The van der Waals surface area contributed by atoms with Gasteiger partial charge in [-0.2, -0.15) is 0 Å². The number of imide groups is 1. The maximum absolute atomic E-state index is 12.5. The predicted molar refractivity (Wildman–Crippen MR) is 84.8 cm³/mol. The fourth-order valence-electron chi connectivity index (χ4n) is 4.72. The maximum Gasteiger partial charge on any atom is 0.240 e. The summed E-state index contributed by atoms with van der Waals surface area (Å²) in [4.78, 5) is 38.2. The molecule has 2 N–H and O–H groups in total. The van der Waals surface area contributed by atoms with E-state index < -0.39 is 0 Å². The van der Waals surface area contributed by atoms with Gasteiger partial charge in [-0.3, -0.25) is 19.3 Å².